The Kier molecular flexibility index (Phi) is 3.40. The molecule has 0 amide bonds. The van der Waals surface area contributed by atoms with Crippen molar-refractivity contribution in [3.05, 3.63) is 103 Å². The van der Waals surface area contributed by atoms with Crippen LogP contribution in [0.15, 0.2) is 97.1 Å². The molecule has 0 spiro atoms. The molecule has 3 aromatic carbocycles. The Morgan fingerprint density at radius 2 is 1.15 bits per heavy atom. The zero-order valence-electron chi connectivity index (χ0n) is 14.7. The molecule has 0 bridgehead atoms. The highest BCUT2D eigenvalue weighted by molar-refractivity contribution is 7.21. The van der Waals surface area contributed by atoms with Gasteiger partial charge in [-0.15, -0.1) is 0 Å². The van der Waals surface area contributed by atoms with E-state index in [4.69, 9.17) is 4.98 Å². The highest BCUT2D eigenvalue weighted by Crippen LogP contribution is 2.27. The van der Waals surface area contributed by atoms with Gasteiger partial charge in [0, 0.05) is 11.0 Å². The minimum absolute atomic E-state index is 1.08. The lowest BCUT2D eigenvalue weighted by atomic mass is 10.1. The first kappa shape index (κ1) is 15.3. The van der Waals surface area contributed by atoms with Gasteiger partial charge in [-0.1, -0.05) is 91.0 Å². The molecule has 0 unspecified atom stereocenters. The lowest BCUT2D eigenvalue weighted by Gasteiger charge is -2.30. The van der Waals surface area contributed by atoms with Crippen molar-refractivity contribution in [3.8, 4) is 11.1 Å². The van der Waals surface area contributed by atoms with Crippen LogP contribution in [0.2, 0.25) is 0 Å². The Morgan fingerprint density at radius 3 is 1.81 bits per heavy atom. The fraction of sp³-hybridized carbons (Fsp3) is 0.0417. The Morgan fingerprint density at radius 1 is 0.577 bits per heavy atom. The third kappa shape index (κ3) is 1.99. The van der Waals surface area contributed by atoms with Gasteiger partial charge < -0.3 is 0 Å². The number of hydrogen-bond donors (Lipinski definition) is 0. The van der Waals surface area contributed by atoms with Crippen LogP contribution in [0.4, 0.5) is 0 Å². The molecule has 2 heteroatoms. The van der Waals surface area contributed by atoms with Gasteiger partial charge in [-0.2, -0.15) is 0 Å². The normalized spacial score (nSPS) is 13.9. The Hall–Kier alpha value is -2.97. The molecule has 0 atom stereocenters. The van der Waals surface area contributed by atoms with Crippen molar-refractivity contribution in [3.63, 3.8) is 0 Å². The van der Waals surface area contributed by atoms with E-state index in [1.807, 2.05) is 0 Å². The molecule has 1 nitrogen and oxygen atoms in total. The number of benzene rings is 3. The lowest BCUT2D eigenvalue weighted by molar-refractivity contribution is 1.24. The zero-order valence-corrected chi connectivity index (χ0v) is 15.7. The van der Waals surface area contributed by atoms with Crippen molar-refractivity contribution >= 4 is 29.0 Å². The first-order valence-electron chi connectivity index (χ1n) is 9.01. The number of fused-ring (bicyclic) bond motifs is 3. The molecule has 0 fully saturated rings. The van der Waals surface area contributed by atoms with Gasteiger partial charge in [-0.25, -0.2) is 0 Å². The van der Waals surface area contributed by atoms with Crippen LogP contribution in [0.3, 0.4) is 0 Å². The number of nitrogens with zero attached hydrogens (tertiary/aromatic N) is 1. The minimum atomic E-state index is -2.37. The van der Waals surface area contributed by atoms with E-state index in [-0.39, 0.29) is 0 Å². The molecule has 1 aromatic heterocycles. The average molecular weight is 350 g/mol. The standard InChI is InChI=1S/C24H19NSi/c1-18-16-17-22-21-14-8-9-15-23(21)26(24(22)25-18,19-10-4-2-5-11-19)20-12-6-3-7-13-20/h2-17H,1H3. The maximum atomic E-state index is 5.14. The highest BCUT2D eigenvalue weighted by atomic mass is 28.3. The summed E-state index contributed by atoms with van der Waals surface area (Å²) in [7, 11) is -2.37. The summed E-state index contributed by atoms with van der Waals surface area (Å²) < 4.78 is 0. The van der Waals surface area contributed by atoms with E-state index < -0.39 is 8.07 Å². The van der Waals surface area contributed by atoms with Gasteiger partial charge in [0.15, 0.2) is 0 Å². The summed E-state index contributed by atoms with van der Waals surface area (Å²) in [6.45, 7) is 2.10. The predicted molar refractivity (Wildman–Crippen MR) is 112 cm³/mol. The maximum Gasteiger partial charge on any atom is 0.203 e. The lowest BCUT2D eigenvalue weighted by Crippen LogP contribution is -2.73. The fourth-order valence-electron chi connectivity index (χ4n) is 4.36. The molecule has 4 aromatic rings. The molecule has 0 N–H and O–H groups in total. The van der Waals surface area contributed by atoms with E-state index in [0.29, 0.717) is 0 Å². The van der Waals surface area contributed by atoms with Crippen LogP contribution < -0.4 is 20.9 Å². The molecular weight excluding hydrogens is 330 g/mol. The van der Waals surface area contributed by atoms with Gasteiger partial charge in [0.1, 0.15) is 0 Å². The number of aromatic nitrogens is 1. The summed E-state index contributed by atoms with van der Waals surface area (Å²) in [5.41, 5.74) is 3.72. The van der Waals surface area contributed by atoms with Crippen LogP contribution in [0.25, 0.3) is 11.1 Å². The van der Waals surface area contributed by atoms with E-state index in [0.717, 1.165) is 5.69 Å². The zero-order chi connectivity index (χ0) is 17.6. The molecule has 0 aliphatic carbocycles. The van der Waals surface area contributed by atoms with Gasteiger partial charge in [-0.3, -0.25) is 4.98 Å². The second kappa shape index (κ2) is 5.79. The number of hydrogen-bond acceptors (Lipinski definition) is 1. The first-order chi connectivity index (χ1) is 12.8. The number of aryl methyl sites for hydroxylation is 1. The van der Waals surface area contributed by atoms with Crippen molar-refractivity contribution in [2.45, 2.75) is 6.92 Å². The molecule has 124 valence electrons. The van der Waals surface area contributed by atoms with Gasteiger partial charge in [0.2, 0.25) is 8.07 Å². The van der Waals surface area contributed by atoms with E-state index in [9.17, 15) is 0 Å². The molecule has 0 saturated heterocycles. The molecule has 0 saturated carbocycles. The van der Waals surface area contributed by atoms with Crippen LogP contribution in [0.1, 0.15) is 5.69 Å². The van der Waals surface area contributed by atoms with E-state index in [1.54, 1.807) is 0 Å². The fourth-order valence-corrected chi connectivity index (χ4v) is 9.44. The monoisotopic (exact) mass is 349 g/mol. The van der Waals surface area contributed by atoms with Crippen LogP contribution in [-0.2, 0) is 0 Å². The van der Waals surface area contributed by atoms with Gasteiger partial charge in [0.25, 0.3) is 0 Å². The predicted octanol–water partition coefficient (Wildman–Crippen LogP) is 2.75. The Balaban J connectivity index is 1.99. The van der Waals surface area contributed by atoms with Gasteiger partial charge in [-0.05, 0) is 39.7 Å². The Bertz CT molecular complexity index is 1050. The van der Waals surface area contributed by atoms with E-state index in [2.05, 4.69) is 104 Å². The number of pyridine rings is 1. The summed E-state index contributed by atoms with van der Waals surface area (Å²) in [6.07, 6.45) is 0. The Labute approximate surface area is 155 Å². The number of rotatable bonds is 2. The first-order valence-corrected chi connectivity index (χ1v) is 11.0. The van der Waals surface area contributed by atoms with Crippen LogP contribution >= 0.6 is 0 Å². The highest BCUT2D eigenvalue weighted by Gasteiger charge is 2.49. The van der Waals surface area contributed by atoms with Gasteiger partial charge >= 0.3 is 0 Å². The molecule has 26 heavy (non-hydrogen) atoms. The molecule has 2 heterocycles. The smallest absolute Gasteiger partial charge is 0.203 e. The average Bonchev–Trinajstić information content (AvgIpc) is 3.00. The largest absolute Gasteiger partial charge is 0.261 e. The summed E-state index contributed by atoms with van der Waals surface area (Å²) >= 11 is 0. The van der Waals surface area contributed by atoms with Crippen molar-refractivity contribution in [2.24, 2.45) is 0 Å². The van der Waals surface area contributed by atoms with Crippen molar-refractivity contribution < 1.29 is 0 Å². The maximum absolute atomic E-state index is 5.14. The second-order valence-corrected chi connectivity index (χ2v) is 10.5. The summed E-state index contributed by atoms with van der Waals surface area (Å²) in [5.74, 6) is 0. The van der Waals surface area contributed by atoms with Crippen LogP contribution in [0, 0.1) is 6.92 Å². The van der Waals surface area contributed by atoms with Crippen LogP contribution in [0.5, 0.6) is 0 Å². The third-order valence-corrected chi connectivity index (χ3v) is 10.2. The van der Waals surface area contributed by atoms with Crippen molar-refractivity contribution in [1.29, 1.82) is 0 Å². The van der Waals surface area contributed by atoms with Crippen molar-refractivity contribution in [1.82, 2.24) is 4.98 Å². The summed E-state index contributed by atoms with van der Waals surface area (Å²) in [5, 5.41) is 5.52. The molecule has 0 radical (unpaired) electrons. The van der Waals surface area contributed by atoms with Crippen LogP contribution in [-0.4, -0.2) is 13.1 Å². The molecule has 5 rings (SSSR count). The van der Waals surface area contributed by atoms with Gasteiger partial charge in [0.05, 0.1) is 0 Å². The molecule has 1 aliphatic heterocycles. The topological polar surface area (TPSA) is 12.9 Å². The summed E-state index contributed by atoms with van der Waals surface area (Å²) in [4.78, 5) is 5.14. The van der Waals surface area contributed by atoms with E-state index in [1.165, 1.54) is 32.0 Å². The van der Waals surface area contributed by atoms with E-state index >= 15 is 0 Å². The quantitative estimate of drug-likeness (QED) is 0.447. The third-order valence-electron chi connectivity index (χ3n) is 5.42. The molecular formula is C24H19NSi. The SMILES string of the molecule is Cc1ccc2c(n1)[Si](c1ccccc1)(c1ccccc1)c1ccccc1-2. The second-order valence-electron chi connectivity index (χ2n) is 6.88. The van der Waals surface area contributed by atoms with Crippen molar-refractivity contribution in [2.75, 3.05) is 0 Å². The molecule has 1 aliphatic rings. The summed E-state index contributed by atoms with van der Waals surface area (Å²) in [6, 6.07) is 35.3. The minimum Gasteiger partial charge on any atom is -0.261 e.